The largest absolute Gasteiger partial charge is 0.508 e. The molecule has 43 heavy (non-hydrogen) atoms. The summed E-state index contributed by atoms with van der Waals surface area (Å²) in [6.07, 6.45) is 0.847. The molecule has 0 spiro atoms. The molecule has 0 aromatic heterocycles. The molecule has 2 unspecified atom stereocenters. The number of hydrogen-bond acceptors (Lipinski definition) is 5. The smallest absolute Gasteiger partial charge is 0.408 e. The van der Waals surface area contributed by atoms with Gasteiger partial charge >= 0.3 is 6.09 Å². The van der Waals surface area contributed by atoms with Gasteiger partial charge in [0.15, 0.2) is 0 Å². The minimum Gasteiger partial charge on any atom is -0.508 e. The number of nitrogens with one attached hydrogen (secondary N) is 2. The van der Waals surface area contributed by atoms with Crippen molar-refractivity contribution in [2.45, 2.75) is 84.5 Å². The Bertz CT molecular complexity index is 1470. The molecule has 2 atom stereocenters. The van der Waals surface area contributed by atoms with Crippen LogP contribution in [-0.4, -0.2) is 45.6 Å². The van der Waals surface area contributed by atoms with Gasteiger partial charge in [-0.15, -0.1) is 0 Å². The van der Waals surface area contributed by atoms with Gasteiger partial charge in [0.25, 0.3) is 5.91 Å². The number of anilines is 1. The van der Waals surface area contributed by atoms with E-state index in [0.717, 1.165) is 35.1 Å². The van der Waals surface area contributed by atoms with Crippen molar-refractivity contribution in [2.24, 2.45) is 0 Å². The molecule has 8 nitrogen and oxygen atoms in total. The fourth-order valence-corrected chi connectivity index (χ4v) is 5.29. The van der Waals surface area contributed by atoms with Crippen molar-refractivity contribution >= 4 is 35.2 Å². The summed E-state index contributed by atoms with van der Waals surface area (Å²) in [6.45, 7) is 11.0. The van der Waals surface area contributed by atoms with Gasteiger partial charge in [-0.2, -0.15) is 0 Å². The second-order valence-electron chi connectivity index (χ2n) is 12.2. The molecule has 3 aromatic carbocycles. The van der Waals surface area contributed by atoms with Crippen molar-refractivity contribution in [1.29, 1.82) is 0 Å². The van der Waals surface area contributed by atoms with Crippen LogP contribution in [0.25, 0.3) is 0 Å². The fourth-order valence-electron chi connectivity index (χ4n) is 5.02. The first-order chi connectivity index (χ1) is 20.2. The van der Waals surface area contributed by atoms with E-state index in [1.807, 2.05) is 51.1 Å². The van der Waals surface area contributed by atoms with E-state index >= 15 is 0 Å². The molecular formula is C34H40ClN3O5. The van der Waals surface area contributed by atoms with E-state index in [0.29, 0.717) is 16.3 Å². The molecule has 1 aliphatic rings. The van der Waals surface area contributed by atoms with Crippen LogP contribution in [-0.2, 0) is 20.7 Å². The number of rotatable bonds is 9. The number of halogens is 1. The van der Waals surface area contributed by atoms with Crippen molar-refractivity contribution in [1.82, 2.24) is 10.2 Å². The zero-order chi connectivity index (χ0) is 31.5. The highest BCUT2D eigenvalue weighted by Gasteiger charge is 2.44. The van der Waals surface area contributed by atoms with Crippen LogP contribution in [0.2, 0.25) is 5.02 Å². The first-order valence-electron chi connectivity index (χ1n) is 14.5. The predicted molar refractivity (Wildman–Crippen MR) is 168 cm³/mol. The number of carbonyl (C=O) groups excluding carboxylic acids is 3. The van der Waals surface area contributed by atoms with Crippen molar-refractivity contribution in [2.75, 3.05) is 5.32 Å². The SMILES string of the molecule is Cc1ccc(C)c(C(C(=O)Nc2c(C)cccc2Cl)N(C(=O)C(Cc2ccc(O)cc2)NC(=O)OC(C)(C)C)C2CC2)c1. The van der Waals surface area contributed by atoms with Gasteiger partial charge < -0.3 is 25.4 Å². The minimum absolute atomic E-state index is 0.0906. The number of amides is 3. The van der Waals surface area contributed by atoms with E-state index in [1.54, 1.807) is 43.9 Å². The molecule has 1 saturated carbocycles. The molecule has 3 amide bonds. The lowest BCUT2D eigenvalue weighted by Gasteiger charge is -2.35. The monoisotopic (exact) mass is 605 g/mol. The van der Waals surface area contributed by atoms with Crippen LogP contribution in [0.4, 0.5) is 10.5 Å². The van der Waals surface area contributed by atoms with E-state index in [4.69, 9.17) is 16.3 Å². The highest BCUT2D eigenvalue weighted by molar-refractivity contribution is 6.34. The third kappa shape index (κ3) is 8.29. The van der Waals surface area contributed by atoms with Crippen molar-refractivity contribution in [3.8, 4) is 5.75 Å². The molecule has 228 valence electrons. The summed E-state index contributed by atoms with van der Waals surface area (Å²) >= 11 is 6.49. The number of alkyl carbamates (subject to hydrolysis) is 1. The quantitative estimate of drug-likeness (QED) is 0.249. The van der Waals surface area contributed by atoms with Gasteiger partial charge in [0.05, 0.1) is 10.7 Å². The average molecular weight is 606 g/mol. The van der Waals surface area contributed by atoms with Crippen LogP contribution in [0.5, 0.6) is 5.75 Å². The molecule has 0 saturated heterocycles. The molecule has 0 aliphatic heterocycles. The lowest BCUT2D eigenvalue weighted by molar-refractivity contribution is -0.141. The lowest BCUT2D eigenvalue weighted by atomic mass is 9.95. The number of carbonyl (C=O) groups is 3. The topological polar surface area (TPSA) is 108 Å². The Morgan fingerprint density at radius 1 is 1.00 bits per heavy atom. The van der Waals surface area contributed by atoms with Gasteiger partial charge in [0, 0.05) is 12.5 Å². The normalized spacial score (nSPS) is 14.4. The third-order valence-corrected chi connectivity index (χ3v) is 7.60. The maximum absolute atomic E-state index is 14.6. The number of aromatic hydroxyl groups is 1. The molecule has 0 radical (unpaired) electrons. The Kier molecular flexibility index (Phi) is 9.70. The number of para-hydroxylation sites is 1. The molecular weight excluding hydrogens is 566 g/mol. The Morgan fingerprint density at radius 2 is 1.67 bits per heavy atom. The Balaban J connectivity index is 1.78. The summed E-state index contributed by atoms with van der Waals surface area (Å²) in [7, 11) is 0. The van der Waals surface area contributed by atoms with Gasteiger partial charge in [-0.1, -0.05) is 59.6 Å². The first kappa shape index (κ1) is 31.9. The van der Waals surface area contributed by atoms with E-state index in [2.05, 4.69) is 10.6 Å². The lowest BCUT2D eigenvalue weighted by Crippen LogP contribution is -2.54. The van der Waals surface area contributed by atoms with Crippen LogP contribution in [0.1, 0.15) is 67.5 Å². The summed E-state index contributed by atoms with van der Waals surface area (Å²) in [5.41, 5.74) is 3.73. The number of aryl methyl sites for hydroxylation is 3. The van der Waals surface area contributed by atoms with Crippen LogP contribution < -0.4 is 10.6 Å². The molecule has 0 heterocycles. The average Bonchev–Trinajstić information content (AvgIpc) is 3.75. The Labute approximate surface area is 258 Å². The number of benzene rings is 3. The zero-order valence-electron chi connectivity index (χ0n) is 25.5. The summed E-state index contributed by atoms with van der Waals surface area (Å²) in [5, 5.41) is 16.0. The van der Waals surface area contributed by atoms with Crippen LogP contribution in [0.3, 0.4) is 0 Å². The summed E-state index contributed by atoms with van der Waals surface area (Å²) < 4.78 is 5.51. The number of nitrogens with zero attached hydrogens (tertiary/aromatic N) is 1. The Hall–Kier alpha value is -4.04. The van der Waals surface area contributed by atoms with E-state index in [1.165, 1.54) is 12.1 Å². The standard InChI is InChI=1S/C34H40ClN3O5/c1-20-10-11-21(2)26(18-20)30(31(40)37-29-22(3)8-7-9-27(29)35)38(24-14-15-24)32(41)28(36-33(42)43-34(4,5)6)19-23-12-16-25(39)17-13-23/h7-13,16-18,24,28,30,39H,14-15,19H2,1-6H3,(H,36,42)(H,37,40). The second kappa shape index (κ2) is 13.1. The molecule has 1 fully saturated rings. The number of phenolic OH excluding ortho intramolecular Hbond substituents is 1. The molecule has 3 aromatic rings. The minimum atomic E-state index is -1.04. The molecule has 4 rings (SSSR count). The van der Waals surface area contributed by atoms with Crippen LogP contribution in [0.15, 0.2) is 60.7 Å². The van der Waals surface area contributed by atoms with Crippen LogP contribution >= 0.6 is 11.6 Å². The zero-order valence-corrected chi connectivity index (χ0v) is 26.3. The highest BCUT2D eigenvalue weighted by atomic mass is 35.5. The Morgan fingerprint density at radius 3 is 2.28 bits per heavy atom. The molecule has 9 heteroatoms. The second-order valence-corrected chi connectivity index (χ2v) is 12.6. The third-order valence-electron chi connectivity index (χ3n) is 7.29. The maximum atomic E-state index is 14.6. The number of hydrogen-bond donors (Lipinski definition) is 3. The van der Waals surface area contributed by atoms with Gasteiger partial charge in [-0.25, -0.2) is 4.79 Å². The number of phenols is 1. The van der Waals surface area contributed by atoms with Crippen molar-refractivity contribution in [3.05, 3.63) is 93.5 Å². The molecule has 0 bridgehead atoms. The van der Waals surface area contributed by atoms with Crippen molar-refractivity contribution in [3.63, 3.8) is 0 Å². The van der Waals surface area contributed by atoms with E-state index in [9.17, 15) is 19.5 Å². The van der Waals surface area contributed by atoms with Crippen LogP contribution in [0, 0.1) is 20.8 Å². The van der Waals surface area contributed by atoms with Gasteiger partial charge in [-0.05, 0) is 94.8 Å². The van der Waals surface area contributed by atoms with Gasteiger partial charge in [0.1, 0.15) is 23.4 Å². The van der Waals surface area contributed by atoms with Crippen molar-refractivity contribution < 1.29 is 24.2 Å². The van der Waals surface area contributed by atoms with E-state index in [-0.39, 0.29) is 18.2 Å². The van der Waals surface area contributed by atoms with Gasteiger partial charge in [-0.3, -0.25) is 9.59 Å². The maximum Gasteiger partial charge on any atom is 0.408 e. The fraction of sp³-hybridized carbons (Fsp3) is 0.382. The first-order valence-corrected chi connectivity index (χ1v) is 14.8. The summed E-state index contributed by atoms with van der Waals surface area (Å²) in [6, 6.07) is 15.4. The molecule has 3 N–H and O–H groups in total. The summed E-state index contributed by atoms with van der Waals surface area (Å²) in [4.78, 5) is 43.5. The highest BCUT2D eigenvalue weighted by Crippen LogP contribution is 2.38. The molecule has 1 aliphatic carbocycles. The summed E-state index contributed by atoms with van der Waals surface area (Å²) in [5.74, 6) is -0.711. The van der Waals surface area contributed by atoms with E-state index < -0.39 is 35.6 Å². The number of ether oxygens (including phenoxy) is 1. The van der Waals surface area contributed by atoms with Gasteiger partial charge in [0.2, 0.25) is 5.91 Å². The predicted octanol–water partition coefficient (Wildman–Crippen LogP) is 6.78.